The molecule has 0 saturated heterocycles. The number of carbonyl (C=O) groups excluding carboxylic acids is 1. The molecule has 16 heteroatoms. The van der Waals surface area contributed by atoms with Gasteiger partial charge in [0.05, 0.1) is 0 Å². The molecule has 0 aliphatic rings. The maximum absolute atomic E-state index is 13.1. The van der Waals surface area contributed by atoms with Gasteiger partial charge in [-0.25, -0.2) is 4.79 Å². The Morgan fingerprint density at radius 2 is 1.19 bits per heavy atom. The second kappa shape index (κ2) is 8.09. The highest BCUT2D eigenvalue weighted by Gasteiger charge is 2.54. The largest absolute Gasteiger partial charge is 0.507 e. The monoisotopic (exact) mass is 496 g/mol. The molecule has 7 nitrogen and oxygen atoms in total. The Bertz CT molecular complexity index is 1090. The van der Waals surface area contributed by atoms with Gasteiger partial charge in [-0.05, 0) is 36.4 Å². The Balaban J connectivity index is 2.32. The van der Waals surface area contributed by atoms with E-state index in [1.54, 1.807) is 0 Å². The lowest BCUT2D eigenvalue weighted by Gasteiger charge is -2.17. The third kappa shape index (κ3) is 5.37. The molecule has 2 rings (SSSR count). The topological polar surface area (TPSA) is 110 Å². The Kier molecular flexibility index (Phi) is 6.35. The summed E-state index contributed by atoms with van der Waals surface area (Å²) >= 11 is 0. The van der Waals surface area contributed by atoms with Crippen LogP contribution in [0.1, 0.15) is 11.1 Å². The molecule has 2 aromatic carbocycles. The first kappa shape index (κ1) is 25.1. The van der Waals surface area contributed by atoms with E-state index >= 15 is 0 Å². The first-order valence-corrected chi connectivity index (χ1v) is 9.14. The second-order valence-electron chi connectivity index (χ2n) is 5.82. The van der Waals surface area contributed by atoms with Crippen LogP contribution in [0.15, 0.2) is 36.4 Å². The molecule has 2 N–H and O–H groups in total. The van der Waals surface area contributed by atoms with Gasteiger partial charge in [0.25, 0.3) is 0 Å². The zero-order valence-corrected chi connectivity index (χ0v) is 15.6. The van der Waals surface area contributed by atoms with Crippen LogP contribution in [0.2, 0.25) is 0 Å². The van der Waals surface area contributed by atoms with Gasteiger partial charge < -0.3 is 14.6 Å². The van der Waals surface area contributed by atoms with Gasteiger partial charge in [0.2, 0.25) is 0 Å². The number of phenols is 1. The number of hydrogen-bond acceptors (Lipinski definition) is 6. The number of halogens is 8. The van der Waals surface area contributed by atoms with Gasteiger partial charge in [0.1, 0.15) is 34.1 Å². The highest BCUT2D eigenvalue weighted by Crippen LogP contribution is 2.46. The van der Waals surface area contributed by atoms with Crippen LogP contribution in [-0.4, -0.2) is 29.3 Å². The highest BCUT2D eigenvalue weighted by atomic mass is 32.2. The maximum atomic E-state index is 13.1. The van der Waals surface area contributed by atoms with E-state index in [2.05, 4.69) is 4.74 Å². The predicted molar refractivity (Wildman–Crippen MR) is 86.8 cm³/mol. The molecule has 0 aromatic heterocycles. The number of ether oxygens (including phenoxy) is 2. The van der Waals surface area contributed by atoms with E-state index in [4.69, 9.17) is 9.29 Å². The van der Waals surface area contributed by atoms with E-state index in [-0.39, 0.29) is 12.1 Å². The normalized spacial score (nSPS) is 13.0. The fraction of sp³-hybridized carbons (Fsp3) is 0.188. The van der Waals surface area contributed by atoms with Crippen molar-refractivity contribution in [3.63, 3.8) is 0 Å². The molecule has 0 aliphatic carbocycles. The van der Waals surface area contributed by atoms with Crippen molar-refractivity contribution >= 4 is 16.1 Å². The van der Waals surface area contributed by atoms with Crippen LogP contribution in [0.4, 0.5) is 35.1 Å². The van der Waals surface area contributed by atoms with Crippen LogP contribution in [0.5, 0.6) is 23.0 Å². The van der Waals surface area contributed by atoms with Gasteiger partial charge in [-0.3, -0.25) is 4.55 Å². The number of aromatic hydroxyl groups is 1. The van der Waals surface area contributed by atoms with Crippen molar-refractivity contribution in [2.24, 2.45) is 0 Å². The number of rotatable bonds is 5. The Hall–Kier alpha value is -3.14. The summed E-state index contributed by atoms with van der Waals surface area (Å²) in [5.74, 6) is -6.96. The molecule has 32 heavy (non-hydrogen) atoms. The zero-order valence-electron chi connectivity index (χ0n) is 14.8. The Morgan fingerprint density at radius 1 is 0.781 bits per heavy atom. The molecule has 0 atom stereocenters. The molecular weight excluding hydrogens is 488 g/mol. The molecule has 0 spiro atoms. The summed E-state index contributed by atoms with van der Waals surface area (Å²) in [5, 5.41) is 4.02. The SMILES string of the molecule is O=C(Oc1ccc(Oc2cc(C(F)(F)F)c(O)c(C(F)(F)F)c2)cc1)C(F)(F)S(=O)(=O)O. The quantitative estimate of drug-likeness (QED) is 0.269. The minimum Gasteiger partial charge on any atom is -0.507 e. The molecule has 2 aromatic rings. The lowest BCUT2D eigenvalue weighted by atomic mass is 10.1. The van der Waals surface area contributed by atoms with Crippen molar-refractivity contribution in [2.45, 2.75) is 17.6 Å². The maximum Gasteiger partial charge on any atom is 0.466 e. The molecule has 0 bridgehead atoms. The number of esters is 1. The van der Waals surface area contributed by atoms with Gasteiger partial charge in [-0.2, -0.15) is 43.5 Å². The third-order valence-electron chi connectivity index (χ3n) is 3.53. The van der Waals surface area contributed by atoms with Crippen LogP contribution in [0.3, 0.4) is 0 Å². The molecule has 0 radical (unpaired) electrons. The minimum absolute atomic E-state index is 0.0746. The summed E-state index contributed by atoms with van der Waals surface area (Å²) in [6.45, 7) is 0. The van der Waals surface area contributed by atoms with Crippen LogP contribution in [-0.2, 0) is 27.3 Å². The van der Waals surface area contributed by atoms with E-state index < -0.39 is 67.8 Å². The summed E-state index contributed by atoms with van der Waals surface area (Å²) in [7, 11) is -6.14. The lowest BCUT2D eigenvalue weighted by molar-refractivity contribution is -0.151. The van der Waals surface area contributed by atoms with Crippen molar-refractivity contribution in [1.82, 2.24) is 0 Å². The standard InChI is InChI=1S/C16H8F8O7S/c17-14(18,19)10-5-9(6-11(12(10)25)15(20,21)22)30-7-1-3-8(4-2-7)31-13(26)16(23,24)32(27,28)29/h1-6,25H,(H,27,28,29). The van der Waals surface area contributed by atoms with Gasteiger partial charge in [-0.15, -0.1) is 0 Å². The van der Waals surface area contributed by atoms with Crippen LogP contribution >= 0.6 is 0 Å². The molecule has 0 heterocycles. The van der Waals surface area contributed by atoms with Crippen molar-refractivity contribution in [2.75, 3.05) is 0 Å². The summed E-state index contributed by atoms with van der Waals surface area (Å²) in [6, 6.07) is 3.05. The van der Waals surface area contributed by atoms with Crippen molar-refractivity contribution in [3.8, 4) is 23.0 Å². The smallest absolute Gasteiger partial charge is 0.466 e. The molecule has 0 saturated carbocycles. The van der Waals surface area contributed by atoms with E-state index in [1.807, 2.05) is 0 Å². The number of benzene rings is 2. The number of carbonyl (C=O) groups is 1. The molecular formula is C16H8F8O7S. The third-order valence-corrected chi connectivity index (χ3v) is 4.34. The summed E-state index contributed by atoms with van der Waals surface area (Å²) in [5.41, 5.74) is -4.08. The van der Waals surface area contributed by atoms with Crippen molar-refractivity contribution < 1.29 is 67.5 Å². The van der Waals surface area contributed by atoms with Crippen molar-refractivity contribution in [3.05, 3.63) is 47.5 Å². The van der Waals surface area contributed by atoms with Gasteiger partial charge in [0, 0.05) is 0 Å². The first-order chi connectivity index (χ1) is 14.3. The fourth-order valence-electron chi connectivity index (χ4n) is 2.08. The second-order valence-corrected chi connectivity index (χ2v) is 7.28. The van der Waals surface area contributed by atoms with Gasteiger partial charge in [0.15, 0.2) is 0 Å². The molecule has 0 amide bonds. The van der Waals surface area contributed by atoms with Gasteiger partial charge in [-0.1, -0.05) is 0 Å². The molecule has 0 fully saturated rings. The minimum atomic E-state index is -6.14. The molecule has 0 aliphatic heterocycles. The van der Waals surface area contributed by atoms with Crippen LogP contribution in [0.25, 0.3) is 0 Å². The lowest BCUT2D eigenvalue weighted by Crippen LogP contribution is -2.40. The zero-order chi connectivity index (χ0) is 24.7. The Morgan fingerprint density at radius 3 is 1.56 bits per heavy atom. The van der Waals surface area contributed by atoms with E-state index in [0.29, 0.717) is 12.1 Å². The van der Waals surface area contributed by atoms with E-state index in [9.17, 15) is 53.4 Å². The van der Waals surface area contributed by atoms with Crippen LogP contribution < -0.4 is 9.47 Å². The predicted octanol–water partition coefficient (Wildman–Crippen LogP) is 4.61. The fourth-order valence-corrected chi connectivity index (χ4v) is 2.33. The molecule has 0 unspecified atom stereocenters. The number of alkyl halides is 8. The highest BCUT2D eigenvalue weighted by molar-refractivity contribution is 7.87. The number of phenolic OH excluding ortho intramolecular Hbond substituents is 1. The number of hydrogen-bond donors (Lipinski definition) is 2. The first-order valence-electron chi connectivity index (χ1n) is 7.70. The van der Waals surface area contributed by atoms with E-state index in [1.165, 1.54) is 0 Å². The summed E-state index contributed by atoms with van der Waals surface area (Å²) < 4.78 is 142. The molecule has 176 valence electrons. The average molecular weight is 496 g/mol. The Labute approximate surface area is 172 Å². The van der Waals surface area contributed by atoms with E-state index in [0.717, 1.165) is 12.1 Å². The summed E-state index contributed by atoms with van der Waals surface area (Å²) in [4.78, 5) is 11.2. The average Bonchev–Trinajstić information content (AvgIpc) is 2.61. The van der Waals surface area contributed by atoms with Crippen molar-refractivity contribution in [1.29, 1.82) is 0 Å². The summed E-state index contributed by atoms with van der Waals surface area (Å²) in [6.07, 6.45) is -10.8. The van der Waals surface area contributed by atoms with Crippen LogP contribution in [0, 0.1) is 0 Å². The van der Waals surface area contributed by atoms with Gasteiger partial charge >= 0.3 is 33.7 Å².